The number of hydrogen-bond acceptors (Lipinski definition) is 3. The van der Waals surface area contributed by atoms with E-state index in [9.17, 15) is 5.11 Å². The molecule has 0 saturated carbocycles. The Labute approximate surface area is 113 Å². The Bertz CT molecular complexity index is 535. The maximum absolute atomic E-state index is 9.26. The second-order valence-corrected chi connectivity index (χ2v) is 4.31. The summed E-state index contributed by atoms with van der Waals surface area (Å²) in [5, 5.41) is 9.26. The van der Waals surface area contributed by atoms with Gasteiger partial charge in [0.2, 0.25) is 0 Å². The molecule has 0 saturated heterocycles. The summed E-state index contributed by atoms with van der Waals surface area (Å²) in [5.74, 6) is 0.772. The molecular formula is C16H17NO2. The van der Waals surface area contributed by atoms with Crippen LogP contribution in [0.5, 0.6) is 5.75 Å². The summed E-state index contributed by atoms with van der Waals surface area (Å²) in [6.45, 7) is 2.00. The summed E-state index contributed by atoms with van der Waals surface area (Å²) in [5.41, 5.74) is 2.07. The number of benzene rings is 1. The lowest BCUT2D eigenvalue weighted by Crippen LogP contribution is -2.13. The lowest BCUT2D eigenvalue weighted by atomic mass is 10.1. The van der Waals surface area contributed by atoms with Gasteiger partial charge in [0, 0.05) is 18.0 Å². The van der Waals surface area contributed by atoms with Crippen LogP contribution in [-0.4, -0.2) is 22.8 Å². The summed E-state index contributed by atoms with van der Waals surface area (Å²) in [4.78, 5) is 3.98. The summed E-state index contributed by atoms with van der Waals surface area (Å²) in [7, 11) is 0. The van der Waals surface area contributed by atoms with Gasteiger partial charge in [0.05, 0.1) is 6.10 Å². The first-order chi connectivity index (χ1) is 9.25. The van der Waals surface area contributed by atoms with Crippen LogP contribution in [0.15, 0.2) is 48.8 Å². The minimum atomic E-state index is -0.475. The lowest BCUT2D eigenvalue weighted by molar-refractivity contribution is 0.122. The van der Waals surface area contributed by atoms with Gasteiger partial charge in [-0.05, 0) is 30.7 Å². The average Bonchev–Trinajstić information content (AvgIpc) is 2.45. The number of ether oxygens (including phenoxy) is 1. The molecule has 0 fully saturated rings. The zero-order chi connectivity index (χ0) is 13.5. The lowest BCUT2D eigenvalue weighted by Gasteiger charge is -2.10. The van der Waals surface area contributed by atoms with Crippen LogP contribution in [0.3, 0.4) is 0 Å². The standard InChI is InChI=1S/C16H17NO2/c1-13(18)12-19-16-5-3-2-4-15(16)7-6-14-8-10-17-11-9-14/h2-11,13,18H,12H2,1H3. The normalized spacial score (nSPS) is 12.5. The number of aliphatic hydroxyl groups is 1. The highest BCUT2D eigenvalue weighted by atomic mass is 16.5. The van der Waals surface area contributed by atoms with Gasteiger partial charge in [-0.25, -0.2) is 0 Å². The number of hydrogen-bond donors (Lipinski definition) is 1. The summed E-state index contributed by atoms with van der Waals surface area (Å²) < 4.78 is 5.57. The molecule has 98 valence electrons. The number of nitrogens with zero attached hydrogens (tertiary/aromatic N) is 1. The Morgan fingerprint density at radius 3 is 2.63 bits per heavy atom. The van der Waals surface area contributed by atoms with Crippen molar-refractivity contribution in [2.75, 3.05) is 6.61 Å². The SMILES string of the molecule is CC(O)COc1ccccc1C=Cc1ccncc1. The first-order valence-electron chi connectivity index (χ1n) is 6.24. The molecule has 2 aromatic rings. The Morgan fingerprint density at radius 1 is 1.16 bits per heavy atom. The molecule has 0 aliphatic heterocycles. The van der Waals surface area contributed by atoms with Gasteiger partial charge in [-0.1, -0.05) is 30.4 Å². The van der Waals surface area contributed by atoms with Crippen molar-refractivity contribution in [3.63, 3.8) is 0 Å². The smallest absolute Gasteiger partial charge is 0.126 e. The molecule has 0 radical (unpaired) electrons. The molecular weight excluding hydrogens is 238 g/mol. The van der Waals surface area contributed by atoms with Gasteiger partial charge in [0.15, 0.2) is 0 Å². The number of aromatic nitrogens is 1. The first kappa shape index (κ1) is 13.3. The predicted molar refractivity (Wildman–Crippen MR) is 76.8 cm³/mol. The molecule has 3 heteroatoms. The number of pyridine rings is 1. The molecule has 0 bridgehead atoms. The van der Waals surface area contributed by atoms with Gasteiger partial charge in [-0.3, -0.25) is 4.98 Å². The number of aliphatic hydroxyl groups excluding tert-OH is 1. The van der Waals surface area contributed by atoms with E-state index in [1.165, 1.54) is 0 Å². The fourth-order valence-corrected chi connectivity index (χ4v) is 1.62. The Morgan fingerprint density at radius 2 is 1.89 bits per heavy atom. The van der Waals surface area contributed by atoms with E-state index in [2.05, 4.69) is 4.98 Å². The molecule has 1 aromatic heterocycles. The summed E-state index contributed by atoms with van der Waals surface area (Å²) >= 11 is 0. The number of para-hydroxylation sites is 1. The van der Waals surface area contributed by atoms with Crippen LogP contribution in [0.25, 0.3) is 12.2 Å². The maximum Gasteiger partial charge on any atom is 0.126 e. The van der Waals surface area contributed by atoms with Gasteiger partial charge in [-0.15, -0.1) is 0 Å². The van der Waals surface area contributed by atoms with E-state index < -0.39 is 6.10 Å². The van der Waals surface area contributed by atoms with E-state index in [0.717, 1.165) is 16.9 Å². The molecule has 1 heterocycles. The average molecular weight is 255 g/mol. The van der Waals surface area contributed by atoms with Crippen LogP contribution in [-0.2, 0) is 0 Å². The van der Waals surface area contributed by atoms with E-state index in [-0.39, 0.29) is 0 Å². The van der Waals surface area contributed by atoms with Crippen LogP contribution in [0.4, 0.5) is 0 Å². The first-order valence-corrected chi connectivity index (χ1v) is 6.24. The largest absolute Gasteiger partial charge is 0.490 e. The molecule has 0 spiro atoms. The number of rotatable bonds is 5. The molecule has 1 aromatic carbocycles. The van der Waals surface area contributed by atoms with Crippen LogP contribution in [0, 0.1) is 0 Å². The van der Waals surface area contributed by atoms with Gasteiger partial charge in [0.1, 0.15) is 12.4 Å². The molecule has 0 amide bonds. The van der Waals surface area contributed by atoms with E-state index in [4.69, 9.17) is 4.74 Å². The van der Waals surface area contributed by atoms with Crippen molar-refractivity contribution >= 4 is 12.2 Å². The molecule has 1 N–H and O–H groups in total. The van der Waals surface area contributed by atoms with Crippen molar-refractivity contribution in [3.8, 4) is 5.75 Å². The van der Waals surface area contributed by atoms with Crippen molar-refractivity contribution in [2.45, 2.75) is 13.0 Å². The highest BCUT2D eigenvalue weighted by Crippen LogP contribution is 2.20. The Kier molecular flexibility index (Phi) is 4.70. The van der Waals surface area contributed by atoms with E-state index in [1.807, 2.05) is 48.6 Å². The Balaban J connectivity index is 2.13. The van der Waals surface area contributed by atoms with Crippen LogP contribution >= 0.6 is 0 Å². The van der Waals surface area contributed by atoms with Gasteiger partial charge in [-0.2, -0.15) is 0 Å². The van der Waals surface area contributed by atoms with Crippen LogP contribution in [0.2, 0.25) is 0 Å². The third-order valence-corrected chi connectivity index (χ3v) is 2.56. The quantitative estimate of drug-likeness (QED) is 0.893. The van der Waals surface area contributed by atoms with Crippen molar-refractivity contribution in [1.82, 2.24) is 4.98 Å². The highest BCUT2D eigenvalue weighted by molar-refractivity contribution is 5.72. The van der Waals surface area contributed by atoms with Gasteiger partial charge < -0.3 is 9.84 Å². The second kappa shape index (κ2) is 6.71. The second-order valence-electron chi connectivity index (χ2n) is 4.31. The molecule has 0 aliphatic carbocycles. The molecule has 3 nitrogen and oxygen atoms in total. The van der Waals surface area contributed by atoms with Gasteiger partial charge >= 0.3 is 0 Å². The molecule has 19 heavy (non-hydrogen) atoms. The van der Waals surface area contributed by atoms with Crippen molar-refractivity contribution in [3.05, 3.63) is 59.9 Å². The summed E-state index contributed by atoms with van der Waals surface area (Å²) in [6.07, 6.45) is 7.04. The maximum atomic E-state index is 9.26. The highest BCUT2D eigenvalue weighted by Gasteiger charge is 2.01. The molecule has 2 rings (SSSR count). The van der Waals surface area contributed by atoms with Crippen molar-refractivity contribution in [1.29, 1.82) is 0 Å². The third kappa shape index (κ3) is 4.23. The van der Waals surface area contributed by atoms with Crippen LogP contribution in [0.1, 0.15) is 18.1 Å². The van der Waals surface area contributed by atoms with Crippen molar-refractivity contribution in [2.24, 2.45) is 0 Å². The van der Waals surface area contributed by atoms with E-state index in [0.29, 0.717) is 6.61 Å². The third-order valence-electron chi connectivity index (χ3n) is 2.56. The van der Waals surface area contributed by atoms with E-state index in [1.54, 1.807) is 19.3 Å². The van der Waals surface area contributed by atoms with Crippen molar-refractivity contribution < 1.29 is 9.84 Å². The minimum Gasteiger partial charge on any atom is -0.490 e. The Hall–Kier alpha value is -2.13. The van der Waals surface area contributed by atoms with E-state index >= 15 is 0 Å². The monoisotopic (exact) mass is 255 g/mol. The molecule has 1 unspecified atom stereocenters. The molecule has 0 aliphatic rings. The predicted octanol–water partition coefficient (Wildman–Crippen LogP) is 3.01. The minimum absolute atomic E-state index is 0.292. The fourth-order valence-electron chi connectivity index (χ4n) is 1.62. The summed E-state index contributed by atoms with van der Waals surface area (Å²) in [6, 6.07) is 11.6. The topological polar surface area (TPSA) is 42.4 Å². The zero-order valence-electron chi connectivity index (χ0n) is 10.9. The fraction of sp³-hybridized carbons (Fsp3) is 0.188. The molecule has 1 atom stereocenters. The zero-order valence-corrected chi connectivity index (χ0v) is 10.9. The van der Waals surface area contributed by atoms with Crippen LogP contribution < -0.4 is 4.74 Å². The van der Waals surface area contributed by atoms with Gasteiger partial charge in [0.25, 0.3) is 0 Å².